The molecule has 2 heterocycles. The Labute approximate surface area is 181 Å². The maximum Gasteiger partial charge on any atom is 0.225 e. The van der Waals surface area contributed by atoms with Crippen molar-refractivity contribution >= 4 is 23.2 Å². The summed E-state index contributed by atoms with van der Waals surface area (Å²) in [5.41, 5.74) is 8.59. The molecule has 1 fully saturated rings. The first-order chi connectivity index (χ1) is 14.6. The average molecular weight is 419 g/mol. The Balaban J connectivity index is 1.48. The number of amides is 2. The van der Waals surface area contributed by atoms with E-state index in [1.165, 1.54) is 4.88 Å². The second-order valence-electron chi connectivity index (χ2n) is 8.01. The van der Waals surface area contributed by atoms with Crippen LogP contribution in [0, 0.1) is 5.41 Å². The molecule has 0 bridgehead atoms. The third-order valence-corrected chi connectivity index (χ3v) is 6.94. The Kier molecular flexibility index (Phi) is 6.00. The number of carbonyl (C=O) groups is 2. The minimum atomic E-state index is -0.713. The molecule has 1 aliphatic heterocycles. The van der Waals surface area contributed by atoms with Crippen molar-refractivity contribution in [2.75, 3.05) is 13.1 Å². The van der Waals surface area contributed by atoms with Crippen LogP contribution in [0.3, 0.4) is 0 Å². The second-order valence-corrected chi connectivity index (χ2v) is 8.95. The molecule has 0 saturated carbocycles. The van der Waals surface area contributed by atoms with E-state index in [9.17, 15) is 9.59 Å². The van der Waals surface area contributed by atoms with Crippen molar-refractivity contribution in [3.8, 4) is 10.4 Å². The molecule has 0 radical (unpaired) electrons. The molecule has 1 saturated heterocycles. The van der Waals surface area contributed by atoms with Crippen LogP contribution in [0.15, 0.2) is 72.1 Å². The number of carbonyl (C=O) groups excluding carboxylic acids is 2. The first kappa shape index (κ1) is 20.4. The van der Waals surface area contributed by atoms with E-state index in [2.05, 4.69) is 23.6 Å². The van der Waals surface area contributed by atoms with Gasteiger partial charge in [-0.15, -0.1) is 11.3 Å². The highest BCUT2D eigenvalue weighted by molar-refractivity contribution is 7.13. The SMILES string of the molecule is NC(=O)[C@]1(Cc2ccccc2-c2cccs2)CCN(C(=O)CCc2ccccc2)C1. The summed E-state index contributed by atoms with van der Waals surface area (Å²) in [5.74, 6) is -0.227. The molecule has 1 aliphatic rings. The molecule has 2 amide bonds. The Morgan fingerprint density at radius 3 is 2.50 bits per heavy atom. The lowest BCUT2D eigenvalue weighted by molar-refractivity contribution is -0.132. The van der Waals surface area contributed by atoms with Crippen LogP contribution in [0.2, 0.25) is 0 Å². The summed E-state index contributed by atoms with van der Waals surface area (Å²) in [7, 11) is 0. The number of aryl methyl sites for hydroxylation is 1. The number of likely N-dealkylation sites (tertiary alicyclic amines) is 1. The van der Waals surface area contributed by atoms with Gasteiger partial charge in [0.25, 0.3) is 0 Å². The zero-order valence-electron chi connectivity index (χ0n) is 16.9. The summed E-state index contributed by atoms with van der Waals surface area (Å²) in [6, 6.07) is 22.3. The molecule has 0 unspecified atom stereocenters. The van der Waals surface area contributed by atoms with Gasteiger partial charge < -0.3 is 10.6 Å². The van der Waals surface area contributed by atoms with Crippen LogP contribution >= 0.6 is 11.3 Å². The molecule has 5 heteroatoms. The van der Waals surface area contributed by atoms with Crippen molar-refractivity contribution < 1.29 is 9.59 Å². The van der Waals surface area contributed by atoms with Gasteiger partial charge in [-0.1, -0.05) is 60.7 Å². The summed E-state index contributed by atoms with van der Waals surface area (Å²) in [4.78, 5) is 28.4. The summed E-state index contributed by atoms with van der Waals surface area (Å²) in [6.45, 7) is 0.979. The molecular formula is C25H26N2O2S. The van der Waals surface area contributed by atoms with Crippen molar-refractivity contribution in [1.82, 2.24) is 4.90 Å². The van der Waals surface area contributed by atoms with Gasteiger partial charge in [-0.05, 0) is 47.4 Å². The van der Waals surface area contributed by atoms with Crippen molar-refractivity contribution in [2.45, 2.75) is 25.7 Å². The lowest BCUT2D eigenvalue weighted by Gasteiger charge is -2.27. The molecule has 154 valence electrons. The van der Waals surface area contributed by atoms with Crippen LogP contribution in [0.1, 0.15) is 24.0 Å². The lowest BCUT2D eigenvalue weighted by atomic mass is 9.79. The maximum absolute atomic E-state index is 12.8. The van der Waals surface area contributed by atoms with E-state index in [0.29, 0.717) is 38.8 Å². The van der Waals surface area contributed by atoms with Gasteiger partial charge in [0.2, 0.25) is 11.8 Å². The highest BCUT2D eigenvalue weighted by Gasteiger charge is 2.44. The first-order valence-electron chi connectivity index (χ1n) is 10.3. The molecule has 1 atom stereocenters. The van der Waals surface area contributed by atoms with Gasteiger partial charge in [0, 0.05) is 24.4 Å². The first-order valence-corrected chi connectivity index (χ1v) is 11.2. The van der Waals surface area contributed by atoms with Gasteiger partial charge in [0.15, 0.2) is 0 Å². The van der Waals surface area contributed by atoms with Crippen LogP contribution in [0.5, 0.6) is 0 Å². The minimum Gasteiger partial charge on any atom is -0.369 e. The molecule has 2 N–H and O–H groups in total. The molecule has 4 nitrogen and oxygen atoms in total. The van der Waals surface area contributed by atoms with Crippen LogP contribution in [-0.2, 0) is 22.4 Å². The van der Waals surface area contributed by atoms with Crippen molar-refractivity contribution in [3.63, 3.8) is 0 Å². The van der Waals surface area contributed by atoms with E-state index in [-0.39, 0.29) is 11.8 Å². The second kappa shape index (κ2) is 8.84. The van der Waals surface area contributed by atoms with Crippen LogP contribution in [0.4, 0.5) is 0 Å². The van der Waals surface area contributed by atoms with Gasteiger partial charge in [0.1, 0.15) is 0 Å². The van der Waals surface area contributed by atoms with Gasteiger partial charge in [0.05, 0.1) is 5.41 Å². The Morgan fingerprint density at radius 2 is 1.77 bits per heavy atom. The van der Waals surface area contributed by atoms with Gasteiger partial charge in [-0.3, -0.25) is 9.59 Å². The zero-order valence-corrected chi connectivity index (χ0v) is 17.7. The van der Waals surface area contributed by atoms with E-state index in [0.717, 1.165) is 16.7 Å². The lowest BCUT2D eigenvalue weighted by Crippen LogP contribution is -2.42. The van der Waals surface area contributed by atoms with Gasteiger partial charge in [-0.25, -0.2) is 0 Å². The number of hydrogen-bond acceptors (Lipinski definition) is 3. The van der Waals surface area contributed by atoms with Crippen molar-refractivity contribution in [2.24, 2.45) is 11.1 Å². The standard InChI is InChI=1S/C25H26N2O2S/c26-24(29)25(17-20-9-4-5-10-21(20)22-11-6-16-30-22)14-15-27(18-25)23(28)13-12-19-7-2-1-3-8-19/h1-11,16H,12-15,17-18H2,(H2,26,29)/t25-/m0/s1. The number of hydrogen-bond donors (Lipinski definition) is 1. The van der Waals surface area contributed by atoms with E-state index in [1.807, 2.05) is 53.4 Å². The molecule has 30 heavy (non-hydrogen) atoms. The van der Waals surface area contributed by atoms with Crippen LogP contribution < -0.4 is 5.73 Å². The molecule has 3 aromatic rings. The van der Waals surface area contributed by atoms with Gasteiger partial charge in [-0.2, -0.15) is 0 Å². The molecule has 0 aliphatic carbocycles. The summed E-state index contributed by atoms with van der Waals surface area (Å²) >= 11 is 1.68. The topological polar surface area (TPSA) is 63.4 Å². The van der Waals surface area contributed by atoms with E-state index in [4.69, 9.17) is 5.73 Å². The quantitative estimate of drug-likeness (QED) is 0.622. The predicted octanol–water partition coefficient (Wildman–Crippen LogP) is 4.29. The van der Waals surface area contributed by atoms with Gasteiger partial charge >= 0.3 is 0 Å². The van der Waals surface area contributed by atoms with Crippen LogP contribution in [0.25, 0.3) is 10.4 Å². The normalized spacial score (nSPS) is 18.5. The fourth-order valence-corrected chi connectivity index (χ4v) is 5.07. The molecular weight excluding hydrogens is 392 g/mol. The largest absolute Gasteiger partial charge is 0.369 e. The molecule has 0 spiro atoms. The van der Waals surface area contributed by atoms with Crippen LogP contribution in [-0.4, -0.2) is 29.8 Å². The zero-order chi connectivity index (χ0) is 21.0. The smallest absolute Gasteiger partial charge is 0.225 e. The maximum atomic E-state index is 12.8. The number of benzene rings is 2. The van der Waals surface area contributed by atoms with Crippen molar-refractivity contribution in [1.29, 1.82) is 0 Å². The minimum absolute atomic E-state index is 0.0912. The predicted molar refractivity (Wildman–Crippen MR) is 121 cm³/mol. The number of rotatable bonds is 7. The van der Waals surface area contributed by atoms with Crippen molar-refractivity contribution in [3.05, 3.63) is 83.2 Å². The average Bonchev–Trinajstić information content (AvgIpc) is 3.44. The van der Waals surface area contributed by atoms with E-state index < -0.39 is 5.41 Å². The number of primary amides is 1. The Morgan fingerprint density at radius 1 is 1.00 bits per heavy atom. The molecule has 4 rings (SSSR count). The number of nitrogens with zero attached hydrogens (tertiary/aromatic N) is 1. The molecule has 2 aromatic carbocycles. The molecule has 1 aromatic heterocycles. The number of nitrogens with two attached hydrogens (primary N) is 1. The monoisotopic (exact) mass is 418 g/mol. The Bertz CT molecular complexity index is 1020. The third-order valence-electron chi connectivity index (χ3n) is 6.03. The van der Waals surface area contributed by atoms with E-state index >= 15 is 0 Å². The summed E-state index contributed by atoms with van der Waals surface area (Å²) < 4.78 is 0. The fourth-order valence-electron chi connectivity index (χ4n) is 4.28. The van der Waals surface area contributed by atoms with E-state index in [1.54, 1.807) is 11.3 Å². The number of thiophene rings is 1. The highest BCUT2D eigenvalue weighted by Crippen LogP contribution is 2.38. The summed E-state index contributed by atoms with van der Waals surface area (Å²) in [5, 5.41) is 2.05. The Hall–Kier alpha value is -2.92. The highest BCUT2D eigenvalue weighted by atomic mass is 32.1. The summed E-state index contributed by atoms with van der Waals surface area (Å²) in [6.07, 6.45) is 2.32. The third kappa shape index (κ3) is 4.31. The fraction of sp³-hybridized carbons (Fsp3) is 0.280.